The number of carbonyl (C=O) groups excluding carboxylic acids is 1. The molecule has 1 aliphatic rings. The fraction of sp³-hybridized carbons (Fsp3) is 0.458. The van der Waals surface area contributed by atoms with E-state index in [4.69, 9.17) is 4.74 Å². The molecule has 0 unspecified atom stereocenters. The van der Waals surface area contributed by atoms with Gasteiger partial charge in [0.1, 0.15) is 36.1 Å². The van der Waals surface area contributed by atoms with E-state index in [9.17, 15) is 20.1 Å². The highest BCUT2D eigenvalue weighted by atomic mass is 32.2. The summed E-state index contributed by atoms with van der Waals surface area (Å²) in [6.07, 6.45) is 1.60. The minimum absolute atomic E-state index is 0.589. The van der Waals surface area contributed by atoms with Crippen LogP contribution in [0, 0.1) is 6.92 Å². The summed E-state index contributed by atoms with van der Waals surface area (Å²) in [5.74, 6) is 0. The SMILES string of the molecule is CS[C@H]1O[C@@H](c2ccc(C)c(Cc3ccc(CCCC=O)cc3)c2)[C@H](O)[C@@H](O)[C@@H]1O. The lowest BCUT2D eigenvalue weighted by Gasteiger charge is -2.40. The maximum absolute atomic E-state index is 10.5. The van der Waals surface area contributed by atoms with Crippen molar-refractivity contribution < 1.29 is 24.9 Å². The molecule has 30 heavy (non-hydrogen) atoms. The molecule has 5 nitrogen and oxygen atoms in total. The van der Waals surface area contributed by atoms with Gasteiger partial charge in [0.15, 0.2) is 0 Å². The van der Waals surface area contributed by atoms with E-state index in [0.717, 1.165) is 42.2 Å². The minimum atomic E-state index is -1.25. The van der Waals surface area contributed by atoms with Gasteiger partial charge in [0.2, 0.25) is 0 Å². The second-order valence-electron chi connectivity index (χ2n) is 7.87. The second kappa shape index (κ2) is 10.6. The molecule has 0 spiro atoms. The summed E-state index contributed by atoms with van der Waals surface area (Å²) in [5, 5.41) is 30.8. The summed E-state index contributed by atoms with van der Waals surface area (Å²) >= 11 is 1.31. The van der Waals surface area contributed by atoms with Crippen LogP contribution in [0.1, 0.15) is 46.8 Å². The van der Waals surface area contributed by atoms with Crippen LogP contribution in [-0.4, -0.2) is 51.6 Å². The third-order valence-corrected chi connectivity index (χ3v) is 6.56. The van der Waals surface area contributed by atoms with Crippen LogP contribution in [0.3, 0.4) is 0 Å². The maximum Gasteiger partial charge on any atom is 0.132 e. The molecule has 2 aromatic rings. The van der Waals surface area contributed by atoms with Crippen molar-refractivity contribution >= 4 is 18.0 Å². The fourth-order valence-corrected chi connectivity index (χ4v) is 4.48. The van der Waals surface area contributed by atoms with Crippen LogP contribution in [-0.2, 0) is 22.4 Å². The summed E-state index contributed by atoms with van der Waals surface area (Å²) < 4.78 is 5.90. The largest absolute Gasteiger partial charge is 0.387 e. The molecule has 3 rings (SSSR count). The zero-order chi connectivity index (χ0) is 21.7. The van der Waals surface area contributed by atoms with E-state index in [2.05, 4.69) is 24.3 Å². The molecule has 0 radical (unpaired) electrons. The van der Waals surface area contributed by atoms with Crippen LogP contribution in [0.15, 0.2) is 42.5 Å². The Hall–Kier alpha value is -1.70. The average Bonchev–Trinajstić information content (AvgIpc) is 2.75. The number of hydrogen-bond acceptors (Lipinski definition) is 6. The molecule has 0 aliphatic carbocycles. The highest BCUT2D eigenvalue weighted by Crippen LogP contribution is 2.36. The quantitative estimate of drug-likeness (QED) is 0.441. The van der Waals surface area contributed by atoms with Crippen LogP contribution in [0.25, 0.3) is 0 Å². The van der Waals surface area contributed by atoms with Crippen molar-refractivity contribution in [2.24, 2.45) is 0 Å². The van der Waals surface area contributed by atoms with E-state index in [1.165, 1.54) is 22.9 Å². The zero-order valence-electron chi connectivity index (χ0n) is 17.4. The maximum atomic E-state index is 10.5. The molecule has 5 atom stereocenters. The van der Waals surface area contributed by atoms with E-state index in [-0.39, 0.29) is 0 Å². The molecule has 1 fully saturated rings. The number of aliphatic hydroxyl groups excluding tert-OH is 3. The monoisotopic (exact) mass is 430 g/mol. The van der Waals surface area contributed by atoms with Gasteiger partial charge in [-0.2, -0.15) is 0 Å². The van der Waals surface area contributed by atoms with Gasteiger partial charge in [-0.05, 0) is 60.3 Å². The fourth-order valence-electron chi connectivity index (χ4n) is 3.81. The number of aliphatic hydroxyl groups is 3. The van der Waals surface area contributed by atoms with Crippen molar-refractivity contribution in [1.29, 1.82) is 0 Å². The molecule has 0 bridgehead atoms. The van der Waals surface area contributed by atoms with Crippen molar-refractivity contribution in [2.75, 3.05) is 6.26 Å². The summed E-state index contributed by atoms with van der Waals surface area (Å²) in [5.41, 5.74) is 4.86. The number of aldehydes is 1. The predicted octanol–water partition coefficient (Wildman–Crippen LogP) is 2.95. The summed E-state index contributed by atoms with van der Waals surface area (Å²) in [7, 11) is 0. The van der Waals surface area contributed by atoms with Crippen molar-refractivity contribution in [3.05, 3.63) is 70.3 Å². The van der Waals surface area contributed by atoms with Gasteiger partial charge in [-0.25, -0.2) is 0 Å². The normalized spacial score (nSPS) is 26.5. The van der Waals surface area contributed by atoms with Crippen LogP contribution in [0.4, 0.5) is 0 Å². The second-order valence-corrected chi connectivity index (χ2v) is 8.81. The van der Waals surface area contributed by atoms with E-state index in [1.807, 2.05) is 25.1 Å². The van der Waals surface area contributed by atoms with Gasteiger partial charge in [0, 0.05) is 6.42 Å². The van der Waals surface area contributed by atoms with Crippen LogP contribution in [0.2, 0.25) is 0 Å². The van der Waals surface area contributed by atoms with Gasteiger partial charge in [-0.1, -0.05) is 42.5 Å². The number of carbonyl (C=O) groups is 1. The van der Waals surface area contributed by atoms with Crippen molar-refractivity contribution in [2.45, 2.75) is 62.5 Å². The molecular weight excluding hydrogens is 400 g/mol. The minimum Gasteiger partial charge on any atom is -0.387 e. The molecule has 1 heterocycles. The van der Waals surface area contributed by atoms with Crippen LogP contribution < -0.4 is 0 Å². The zero-order valence-corrected chi connectivity index (χ0v) is 18.2. The smallest absolute Gasteiger partial charge is 0.132 e. The number of ether oxygens (including phenoxy) is 1. The first kappa shape index (κ1) is 23.0. The van der Waals surface area contributed by atoms with Crippen LogP contribution in [0.5, 0.6) is 0 Å². The predicted molar refractivity (Wildman–Crippen MR) is 119 cm³/mol. The highest BCUT2D eigenvalue weighted by molar-refractivity contribution is 7.99. The Balaban J connectivity index is 1.76. The Bertz CT molecular complexity index is 836. The molecule has 3 N–H and O–H groups in total. The van der Waals surface area contributed by atoms with E-state index < -0.39 is 29.9 Å². The van der Waals surface area contributed by atoms with Gasteiger partial charge in [0.05, 0.1) is 0 Å². The summed E-state index contributed by atoms with van der Waals surface area (Å²) in [6, 6.07) is 14.4. The van der Waals surface area contributed by atoms with Gasteiger partial charge in [-0.3, -0.25) is 0 Å². The summed E-state index contributed by atoms with van der Waals surface area (Å²) in [6.45, 7) is 2.05. The Morgan fingerprint density at radius 2 is 1.70 bits per heavy atom. The number of rotatable bonds is 8. The van der Waals surface area contributed by atoms with Gasteiger partial charge in [-0.15, -0.1) is 11.8 Å². The van der Waals surface area contributed by atoms with Crippen molar-refractivity contribution in [1.82, 2.24) is 0 Å². The Kier molecular flexibility index (Phi) is 8.08. The number of thioether (sulfide) groups is 1. The Morgan fingerprint density at radius 3 is 2.37 bits per heavy atom. The lowest BCUT2D eigenvalue weighted by molar-refractivity contribution is -0.200. The molecule has 0 aromatic heterocycles. The van der Waals surface area contributed by atoms with Gasteiger partial charge in [0.25, 0.3) is 0 Å². The lowest BCUT2D eigenvalue weighted by atomic mass is 9.91. The number of hydrogen-bond donors (Lipinski definition) is 3. The molecule has 2 aromatic carbocycles. The van der Waals surface area contributed by atoms with Gasteiger partial charge >= 0.3 is 0 Å². The summed E-state index contributed by atoms with van der Waals surface area (Å²) in [4.78, 5) is 10.5. The molecule has 1 aliphatic heterocycles. The Morgan fingerprint density at radius 1 is 1.00 bits per heavy atom. The van der Waals surface area contributed by atoms with E-state index in [1.54, 1.807) is 6.26 Å². The number of unbranched alkanes of at least 4 members (excludes halogenated alkanes) is 1. The third-order valence-electron chi connectivity index (χ3n) is 5.71. The lowest BCUT2D eigenvalue weighted by Crippen LogP contribution is -2.52. The molecular formula is C24H30O5S. The topological polar surface area (TPSA) is 87.0 Å². The van der Waals surface area contributed by atoms with E-state index >= 15 is 0 Å². The van der Waals surface area contributed by atoms with Crippen LogP contribution >= 0.6 is 11.8 Å². The molecule has 6 heteroatoms. The average molecular weight is 431 g/mol. The third kappa shape index (κ3) is 5.31. The molecule has 1 saturated heterocycles. The first-order valence-corrected chi connectivity index (χ1v) is 11.6. The number of aryl methyl sites for hydroxylation is 2. The standard InChI is InChI=1S/C24H30O5S/c1-15-6-11-18(23-21(27)20(26)22(28)24(29-23)30-2)14-19(15)13-17-9-7-16(8-10-17)5-3-4-12-25/h6-12,14,20-24,26-28H,3-5,13H2,1-2H3/t20-,21-,22+,23+,24-/m1/s1. The first-order chi connectivity index (χ1) is 14.4. The molecule has 162 valence electrons. The van der Waals surface area contributed by atoms with Crippen molar-refractivity contribution in [3.63, 3.8) is 0 Å². The van der Waals surface area contributed by atoms with Crippen molar-refractivity contribution in [3.8, 4) is 0 Å². The Labute approximate surface area is 182 Å². The molecule has 0 saturated carbocycles. The van der Waals surface area contributed by atoms with Gasteiger partial charge < -0.3 is 24.9 Å². The molecule has 0 amide bonds. The number of benzene rings is 2. The first-order valence-electron chi connectivity index (χ1n) is 10.3. The van der Waals surface area contributed by atoms with E-state index in [0.29, 0.717) is 6.42 Å². The highest BCUT2D eigenvalue weighted by Gasteiger charge is 2.44.